The van der Waals surface area contributed by atoms with Crippen molar-refractivity contribution < 1.29 is 5.11 Å². The highest BCUT2D eigenvalue weighted by Crippen LogP contribution is 2.23. The van der Waals surface area contributed by atoms with Gasteiger partial charge >= 0.3 is 0 Å². The van der Waals surface area contributed by atoms with Gasteiger partial charge in [0.2, 0.25) is 0 Å². The second-order valence-electron chi connectivity index (χ2n) is 4.21. The van der Waals surface area contributed by atoms with Crippen molar-refractivity contribution in [1.82, 2.24) is 0 Å². The van der Waals surface area contributed by atoms with Crippen LogP contribution >= 0.6 is 0 Å². The number of aliphatic hydroxyl groups is 1. The third kappa shape index (κ3) is 2.32. The van der Waals surface area contributed by atoms with Gasteiger partial charge in [0.25, 0.3) is 0 Å². The van der Waals surface area contributed by atoms with Crippen LogP contribution in [0.4, 0.5) is 5.69 Å². The summed E-state index contributed by atoms with van der Waals surface area (Å²) in [6, 6.07) is 8.34. The van der Waals surface area contributed by atoms with Crippen LogP contribution in [0.3, 0.4) is 0 Å². The van der Waals surface area contributed by atoms with E-state index in [4.69, 9.17) is 0 Å². The van der Waals surface area contributed by atoms with Gasteiger partial charge in [0.15, 0.2) is 0 Å². The first-order valence-electron chi connectivity index (χ1n) is 5.84. The first-order valence-corrected chi connectivity index (χ1v) is 5.84. The topological polar surface area (TPSA) is 23.5 Å². The predicted molar refractivity (Wildman–Crippen MR) is 63.1 cm³/mol. The van der Waals surface area contributed by atoms with E-state index in [2.05, 4.69) is 17.0 Å². The maximum absolute atomic E-state index is 9.67. The first-order chi connectivity index (χ1) is 7.31. The minimum Gasteiger partial charge on any atom is -0.388 e. The van der Waals surface area contributed by atoms with Gasteiger partial charge in [0.05, 0.1) is 6.10 Å². The smallest absolute Gasteiger partial charge is 0.0787 e. The normalized spacial score (nSPS) is 18.1. The average molecular weight is 205 g/mol. The third-order valence-corrected chi connectivity index (χ3v) is 3.14. The fourth-order valence-electron chi connectivity index (χ4n) is 2.12. The molecule has 0 bridgehead atoms. The molecule has 82 valence electrons. The number of aliphatic hydroxyl groups excluding tert-OH is 1. The molecule has 1 heterocycles. The van der Waals surface area contributed by atoms with Gasteiger partial charge in [-0.15, -0.1) is 0 Å². The Morgan fingerprint density at radius 2 is 1.80 bits per heavy atom. The van der Waals surface area contributed by atoms with E-state index in [1.54, 1.807) is 0 Å². The van der Waals surface area contributed by atoms with Crippen molar-refractivity contribution in [2.75, 3.05) is 18.0 Å². The molecule has 1 fully saturated rings. The Labute approximate surface area is 91.5 Å². The van der Waals surface area contributed by atoms with Crippen LogP contribution in [-0.2, 0) is 0 Å². The van der Waals surface area contributed by atoms with Gasteiger partial charge in [-0.05, 0) is 37.0 Å². The van der Waals surface area contributed by atoms with Crippen LogP contribution in [0.15, 0.2) is 24.3 Å². The largest absolute Gasteiger partial charge is 0.388 e. The van der Waals surface area contributed by atoms with Crippen LogP contribution in [0.2, 0.25) is 0 Å². The number of hydrogen-bond donors (Lipinski definition) is 1. The quantitative estimate of drug-likeness (QED) is 0.820. The zero-order chi connectivity index (χ0) is 10.7. The Hall–Kier alpha value is -1.02. The second kappa shape index (κ2) is 4.67. The molecule has 0 aromatic heterocycles. The van der Waals surface area contributed by atoms with Crippen molar-refractivity contribution in [1.29, 1.82) is 0 Å². The summed E-state index contributed by atoms with van der Waals surface area (Å²) >= 11 is 0. The lowest BCUT2D eigenvalue weighted by molar-refractivity contribution is 0.173. The van der Waals surface area contributed by atoms with Gasteiger partial charge in [-0.25, -0.2) is 0 Å². The van der Waals surface area contributed by atoms with Crippen LogP contribution in [0.25, 0.3) is 0 Å². The van der Waals surface area contributed by atoms with Gasteiger partial charge in [-0.2, -0.15) is 0 Å². The molecule has 0 saturated carbocycles. The highest BCUT2D eigenvalue weighted by molar-refractivity contribution is 5.48. The van der Waals surface area contributed by atoms with E-state index in [9.17, 15) is 5.11 Å². The third-order valence-electron chi connectivity index (χ3n) is 3.14. The van der Waals surface area contributed by atoms with Gasteiger partial charge in [-0.3, -0.25) is 0 Å². The summed E-state index contributed by atoms with van der Waals surface area (Å²) in [6.45, 7) is 4.35. The van der Waals surface area contributed by atoms with Gasteiger partial charge in [0, 0.05) is 18.8 Å². The SMILES string of the molecule is CC[C@H](O)c1ccc(N2CCCC2)cc1. The minimum atomic E-state index is -0.308. The zero-order valence-corrected chi connectivity index (χ0v) is 9.32. The number of benzene rings is 1. The van der Waals surface area contributed by atoms with Crippen molar-refractivity contribution in [3.8, 4) is 0 Å². The molecule has 0 aliphatic carbocycles. The number of nitrogens with zero attached hydrogens (tertiary/aromatic N) is 1. The van der Waals surface area contributed by atoms with E-state index in [1.807, 2.05) is 19.1 Å². The average Bonchev–Trinajstić information content (AvgIpc) is 2.82. The van der Waals surface area contributed by atoms with Gasteiger partial charge < -0.3 is 10.0 Å². The molecular weight excluding hydrogens is 186 g/mol. The Balaban J connectivity index is 2.09. The molecule has 1 aliphatic heterocycles. The molecule has 0 amide bonds. The molecule has 0 unspecified atom stereocenters. The van der Waals surface area contributed by atoms with Crippen LogP contribution in [0.1, 0.15) is 37.9 Å². The summed E-state index contributed by atoms with van der Waals surface area (Å²) in [6.07, 6.45) is 3.08. The van der Waals surface area contributed by atoms with Crippen LogP contribution in [-0.4, -0.2) is 18.2 Å². The molecule has 1 N–H and O–H groups in total. The summed E-state index contributed by atoms with van der Waals surface area (Å²) in [5.74, 6) is 0. The fraction of sp³-hybridized carbons (Fsp3) is 0.538. The van der Waals surface area contributed by atoms with Crippen molar-refractivity contribution in [3.63, 3.8) is 0 Å². The van der Waals surface area contributed by atoms with E-state index in [1.165, 1.54) is 31.6 Å². The second-order valence-corrected chi connectivity index (χ2v) is 4.21. The standard InChI is InChI=1S/C13H19NO/c1-2-13(15)11-5-7-12(8-6-11)14-9-3-4-10-14/h5-8,13,15H,2-4,9-10H2,1H3/t13-/m0/s1. The maximum Gasteiger partial charge on any atom is 0.0787 e. The van der Waals surface area contributed by atoms with E-state index >= 15 is 0 Å². The van der Waals surface area contributed by atoms with Crippen molar-refractivity contribution >= 4 is 5.69 Å². The van der Waals surface area contributed by atoms with E-state index in [-0.39, 0.29) is 6.10 Å². The molecule has 2 rings (SSSR count). The van der Waals surface area contributed by atoms with Crippen molar-refractivity contribution in [2.45, 2.75) is 32.3 Å². The van der Waals surface area contributed by atoms with Crippen molar-refractivity contribution in [2.24, 2.45) is 0 Å². The lowest BCUT2D eigenvalue weighted by Crippen LogP contribution is -2.17. The lowest BCUT2D eigenvalue weighted by atomic mass is 10.1. The highest BCUT2D eigenvalue weighted by Gasteiger charge is 2.12. The van der Waals surface area contributed by atoms with E-state index in [0.29, 0.717) is 0 Å². The molecule has 2 heteroatoms. The molecular formula is C13H19NO. The van der Waals surface area contributed by atoms with Crippen molar-refractivity contribution in [3.05, 3.63) is 29.8 Å². The Kier molecular flexibility index (Phi) is 3.27. The lowest BCUT2D eigenvalue weighted by Gasteiger charge is -2.18. The van der Waals surface area contributed by atoms with Crippen LogP contribution in [0, 0.1) is 0 Å². The van der Waals surface area contributed by atoms with Crippen LogP contribution in [0.5, 0.6) is 0 Å². The summed E-state index contributed by atoms with van der Waals surface area (Å²) in [7, 11) is 0. The molecule has 1 saturated heterocycles. The predicted octanol–water partition coefficient (Wildman–Crippen LogP) is 2.73. The first kappa shape index (κ1) is 10.5. The Morgan fingerprint density at radius 3 is 2.33 bits per heavy atom. The number of hydrogen-bond acceptors (Lipinski definition) is 2. The van der Waals surface area contributed by atoms with Crippen LogP contribution < -0.4 is 4.90 Å². The fourth-order valence-corrected chi connectivity index (χ4v) is 2.12. The summed E-state index contributed by atoms with van der Waals surface area (Å²) < 4.78 is 0. The van der Waals surface area contributed by atoms with Gasteiger partial charge in [-0.1, -0.05) is 19.1 Å². The summed E-state index contributed by atoms with van der Waals surface area (Å²) in [4.78, 5) is 2.40. The molecule has 1 aromatic carbocycles. The molecule has 0 radical (unpaired) electrons. The monoisotopic (exact) mass is 205 g/mol. The molecule has 1 aromatic rings. The van der Waals surface area contributed by atoms with E-state index in [0.717, 1.165) is 12.0 Å². The molecule has 2 nitrogen and oxygen atoms in total. The zero-order valence-electron chi connectivity index (χ0n) is 9.32. The minimum absolute atomic E-state index is 0.308. The summed E-state index contributed by atoms with van der Waals surface area (Å²) in [5.41, 5.74) is 2.32. The van der Waals surface area contributed by atoms with E-state index < -0.39 is 0 Å². The molecule has 15 heavy (non-hydrogen) atoms. The summed E-state index contributed by atoms with van der Waals surface area (Å²) in [5, 5.41) is 9.67. The highest BCUT2D eigenvalue weighted by atomic mass is 16.3. The molecule has 0 spiro atoms. The Morgan fingerprint density at radius 1 is 1.20 bits per heavy atom. The molecule has 1 atom stereocenters. The molecule has 1 aliphatic rings. The number of rotatable bonds is 3. The number of anilines is 1. The van der Waals surface area contributed by atoms with Gasteiger partial charge in [0.1, 0.15) is 0 Å². The Bertz CT molecular complexity index is 301. The maximum atomic E-state index is 9.67.